The van der Waals surface area contributed by atoms with E-state index in [4.69, 9.17) is 20.5 Å². The molecule has 0 aliphatic carbocycles. The van der Waals surface area contributed by atoms with Gasteiger partial charge in [0.1, 0.15) is 12.6 Å². The fourth-order valence-corrected chi connectivity index (χ4v) is 1.12. The molecular formula is C12H16N2O2. The van der Waals surface area contributed by atoms with Gasteiger partial charge in [-0.3, -0.25) is 0 Å². The molecule has 1 aromatic rings. The number of ether oxygens (including phenoxy) is 2. The minimum Gasteiger partial charge on any atom is -0.490 e. The molecule has 1 aromatic carbocycles. The summed E-state index contributed by atoms with van der Waals surface area (Å²) in [6.07, 6.45) is 0.937. The van der Waals surface area contributed by atoms with E-state index >= 15 is 0 Å². The second-order valence-corrected chi connectivity index (χ2v) is 3.34. The summed E-state index contributed by atoms with van der Waals surface area (Å²) in [4.78, 5) is 0. The van der Waals surface area contributed by atoms with Crippen LogP contribution < -0.4 is 15.2 Å². The summed E-state index contributed by atoms with van der Waals surface area (Å²) in [5.41, 5.74) is 5.44. The zero-order valence-corrected chi connectivity index (χ0v) is 9.35. The predicted molar refractivity (Wildman–Crippen MR) is 61.3 cm³/mol. The fraction of sp³-hybridized carbons (Fsp3) is 0.417. The van der Waals surface area contributed by atoms with E-state index in [9.17, 15) is 0 Å². The highest BCUT2D eigenvalue weighted by molar-refractivity contribution is 5.39. The van der Waals surface area contributed by atoms with Gasteiger partial charge in [-0.2, -0.15) is 5.26 Å². The molecular weight excluding hydrogens is 204 g/mol. The van der Waals surface area contributed by atoms with Crippen molar-refractivity contribution in [3.05, 3.63) is 24.3 Å². The van der Waals surface area contributed by atoms with Crippen LogP contribution in [0.25, 0.3) is 0 Å². The Morgan fingerprint density at radius 2 is 1.94 bits per heavy atom. The van der Waals surface area contributed by atoms with E-state index in [2.05, 4.69) is 0 Å². The van der Waals surface area contributed by atoms with Gasteiger partial charge >= 0.3 is 0 Å². The molecule has 16 heavy (non-hydrogen) atoms. The topological polar surface area (TPSA) is 68.3 Å². The monoisotopic (exact) mass is 220 g/mol. The van der Waals surface area contributed by atoms with E-state index in [0.717, 1.165) is 6.42 Å². The Hall–Kier alpha value is -1.73. The Morgan fingerprint density at radius 3 is 2.50 bits per heavy atom. The van der Waals surface area contributed by atoms with E-state index in [-0.39, 0.29) is 6.61 Å². The maximum absolute atomic E-state index is 8.54. The van der Waals surface area contributed by atoms with Crippen LogP contribution in [0.15, 0.2) is 24.3 Å². The lowest BCUT2D eigenvalue weighted by Crippen LogP contribution is -2.25. The molecule has 0 spiro atoms. The Morgan fingerprint density at radius 1 is 1.31 bits per heavy atom. The number of hydrogen-bond donors (Lipinski definition) is 1. The largest absolute Gasteiger partial charge is 0.490 e. The normalized spacial score (nSPS) is 11.6. The lowest BCUT2D eigenvalue weighted by atomic mass is 10.3. The van der Waals surface area contributed by atoms with Crippen molar-refractivity contribution in [1.29, 1.82) is 5.26 Å². The standard InChI is InChI=1S/C12H16N2O2/c1-2-7-15-11-5-3-4-6-12(11)16-9-10(14)8-13/h3-6,10H,2,7,9,14H2,1H3. The number of rotatable bonds is 6. The smallest absolute Gasteiger partial charge is 0.161 e. The molecule has 0 fully saturated rings. The summed E-state index contributed by atoms with van der Waals surface area (Å²) in [5.74, 6) is 1.32. The van der Waals surface area contributed by atoms with Crippen LogP contribution in [0.1, 0.15) is 13.3 Å². The average molecular weight is 220 g/mol. The quantitative estimate of drug-likeness (QED) is 0.792. The predicted octanol–water partition coefficient (Wildman–Crippen LogP) is 1.71. The Balaban J connectivity index is 2.60. The van der Waals surface area contributed by atoms with Crippen LogP contribution in [0, 0.1) is 11.3 Å². The first kappa shape index (κ1) is 12.3. The highest BCUT2D eigenvalue weighted by atomic mass is 16.5. The molecule has 0 bridgehead atoms. The first-order valence-corrected chi connectivity index (χ1v) is 5.27. The third kappa shape index (κ3) is 3.79. The molecule has 0 saturated heterocycles. The van der Waals surface area contributed by atoms with Gasteiger partial charge in [0.2, 0.25) is 0 Å². The van der Waals surface area contributed by atoms with Crippen LogP contribution in [-0.4, -0.2) is 19.3 Å². The summed E-state index contributed by atoms with van der Waals surface area (Å²) in [7, 11) is 0. The number of para-hydroxylation sites is 2. The molecule has 1 unspecified atom stereocenters. The van der Waals surface area contributed by atoms with Gasteiger partial charge in [-0.05, 0) is 18.6 Å². The first-order valence-electron chi connectivity index (χ1n) is 5.27. The summed E-state index contributed by atoms with van der Waals surface area (Å²) < 4.78 is 10.9. The van der Waals surface area contributed by atoms with Crippen LogP contribution >= 0.6 is 0 Å². The van der Waals surface area contributed by atoms with Crippen molar-refractivity contribution in [3.63, 3.8) is 0 Å². The molecule has 4 heteroatoms. The van der Waals surface area contributed by atoms with Gasteiger partial charge < -0.3 is 15.2 Å². The van der Waals surface area contributed by atoms with Gasteiger partial charge in [-0.1, -0.05) is 19.1 Å². The molecule has 0 aromatic heterocycles. The molecule has 1 atom stereocenters. The van der Waals surface area contributed by atoms with E-state index in [1.807, 2.05) is 31.2 Å². The minimum atomic E-state index is -0.612. The van der Waals surface area contributed by atoms with Crippen molar-refractivity contribution in [2.24, 2.45) is 5.73 Å². The van der Waals surface area contributed by atoms with E-state index in [0.29, 0.717) is 18.1 Å². The van der Waals surface area contributed by atoms with Crippen molar-refractivity contribution >= 4 is 0 Å². The molecule has 86 valence electrons. The molecule has 1 rings (SSSR count). The molecule has 0 heterocycles. The van der Waals surface area contributed by atoms with E-state index < -0.39 is 6.04 Å². The van der Waals surface area contributed by atoms with E-state index in [1.54, 1.807) is 6.07 Å². The third-order valence-electron chi connectivity index (χ3n) is 1.90. The summed E-state index contributed by atoms with van der Waals surface area (Å²) in [5, 5.41) is 8.54. The maximum atomic E-state index is 8.54. The highest BCUT2D eigenvalue weighted by Crippen LogP contribution is 2.26. The van der Waals surface area contributed by atoms with Gasteiger partial charge in [0, 0.05) is 0 Å². The van der Waals surface area contributed by atoms with Crippen LogP contribution in [0.3, 0.4) is 0 Å². The second kappa shape index (κ2) is 6.70. The Labute approximate surface area is 95.6 Å². The van der Waals surface area contributed by atoms with Crippen LogP contribution in [0.4, 0.5) is 0 Å². The van der Waals surface area contributed by atoms with Crippen molar-refractivity contribution in [3.8, 4) is 17.6 Å². The van der Waals surface area contributed by atoms with Gasteiger partial charge in [-0.25, -0.2) is 0 Å². The lowest BCUT2D eigenvalue weighted by molar-refractivity contribution is 0.264. The zero-order valence-electron chi connectivity index (χ0n) is 9.35. The number of hydrogen-bond acceptors (Lipinski definition) is 4. The van der Waals surface area contributed by atoms with Gasteiger partial charge in [0.05, 0.1) is 12.7 Å². The van der Waals surface area contributed by atoms with Crippen LogP contribution in [-0.2, 0) is 0 Å². The van der Waals surface area contributed by atoms with Gasteiger partial charge in [0.15, 0.2) is 11.5 Å². The number of nitriles is 1. The van der Waals surface area contributed by atoms with Crippen molar-refractivity contribution in [2.45, 2.75) is 19.4 Å². The third-order valence-corrected chi connectivity index (χ3v) is 1.90. The Kier molecular flexibility index (Phi) is 5.17. The van der Waals surface area contributed by atoms with Crippen molar-refractivity contribution in [1.82, 2.24) is 0 Å². The molecule has 2 N–H and O–H groups in total. The highest BCUT2D eigenvalue weighted by Gasteiger charge is 2.06. The number of nitrogens with zero attached hydrogens (tertiary/aromatic N) is 1. The molecule has 0 aliphatic rings. The summed E-state index contributed by atoms with van der Waals surface area (Å²) in [6.45, 7) is 2.85. The number of nitrogens with two attached hydrogens (primary N) is 1. The summed E-state index contributed by atoms with van der Waals surface area (Å²) in [6, 6.07) is 8.67. The second-order valence-electron chi connectivity index (χ2n) is 3.34. The van der Waals surface area contributed by atoms with Crippen LogP contribution in [0.2, 0.25) is 0 Å². The molecule has 4 nitrogen and oxygen atoms in total. The van der Waals surface area contributed by atoms with Gasteiger partial charge in [-0.15, -0.1) is 0 Å². The molecule has 0 aliphatic heterocycles. The molecule has 0 saturated carbocycles. The zero-order chi connectivity index (χ0) is 11.8. The Bertz CT molecular complexity index is 360. The van der Waals surface area contributed by atoms with Crippen molar-refractivity contribution in [2.75, 3.05) is 13.2 Å². The van der Waals surface area contributed by atoms with Gasteiger partial charge in [0.25, 0.3) is 0 Å². The van der Waals surface area contributed by atoms with E-state index in [1.165, 1.54) is 0 Å². The molecule has 0 amide bonds. The first-order chi connectivity index (χ1) is 7.77. The SMILES string of the molecule is CCCOc1ccccc1OCC(N)C#N. The van der Waals surface area contributed by atoms with Crippen LogP contribution in [0.5, 0.6) is 11.5 Å². The fourth-order valence-electron chi connectivity index (χ4n) is 1.12. The maximum Gasteiger partial charge on any atom is 0.161 e. The number of benzene rings is 1. The van der Waals surface area contributed by atoms with Crippen molar-refractivity contribution < 1.29 is 9.47 Å². The molecule has 0 radical (unpaired) electrons. The lowest BCUT2D eigenvalue weighted by Gasteiger charge is -2.12. The minimum absolute atomic E-state index is 0.170. The summed E-state index contributed by atoms with van der Waals surface area (Å²) >= 11 is 0. The average Bonchev–Trinajstić information content (AvgIpc) is 2.34.